The average Bonchev–Trinajstić information content (AvgIpc) is 1.88. The van der Waals surface area contributed by atoms with Gasteiger partial charge >= 0.3 is 80.9 Å². The maximum absolute atomic E-state index is 9.30. The summed E-state index contributed by atoms with van der Waals surface area (Å²) in [6.07, 6.45) is 1.53. The van der Waals surface area contributed by atoms with Gasteiger partial charge in [0.15, 0.2) is 0 Å². The van der Waals surface area contributed by atoms with E-state index in [0.717, 1.165) is 12.8 Å². The summed E-state index contributed by atoms with van der Waals surface area (Å²) in [5, 5.41) is 18.6. The predicted octanol–water partition coefficient (Wildman–Crippen LogP) is -6.48. The summed E-state index contributed by atoms with van der Waals surface area (Å²) in [5.74, 6) is 0. The molecule has 52 valence electrons. The topological polar surface area (TPSA) is 46.1 Å². The molecular formula is C6H14KNaO2. The molecule has 0 aliphatic carbocycles. The quantitative estimate of drug-likeness (QED) is 0.397. The van der Waals surface area contributed by atoms with E-state index in [-0.39, 0.29) is 94.2 Å². The summed E-state index contributed by atoms with van der Waals surface area (Å²) in [6, 6.07) is 0. The van der Waals surface area contributed by atoms with Gasteiger partial charge in [0.05, 0.1) is 0 Å². The molecule has 0 fully saturated rings. The Morgan fingerprint density at radius 1 is 0.900 bits per heavy atom. The molecule has 0 atom stereocenters. The van der Waals surface area contributed by atoms with Crippen LogP contribution in [0.4, 0.5) is 0 Å². The Morgan fingerprint density at radius 3 is 1.00 bits per heavy atom. The second-order valence-electron chi connectivity index (χ2n) is 1.41. The summed E-state index contributed by atoms with van der Waals surface area (Å²) in [4.78, 5) is 0. The average molecular weight is 180 g/mol. The van der Waals surface area contributed by atoms with E-state index in [1.54, 1.807) is 0 Å². The first kappa shape index (κ1) is 22.9. The molecule has 0 saturated carbocycles. The van der Waals surface area contributed by atoms with Crippen molar-refractivity contribution in [2.24, 2.45) is 0 Å². The van der Waals surface area contributed by atoms with Gasteiger partial charge in [0.2, 0.25) is 0 Å². The van der Waals surface area contributed by atoms with Crippen molar-refractivity contribution in [3.63, 3.8) is 0 Å². The summed E-state index contributed by atoms with van der Waals surface area (Å²) in [7, 11) is 0. The zero-order chi connectivity index (χ0) is 6.83. The first-order valence-electron chi connectivity index (χ1n) is 2.99. The summed E-state index contributed by atoms with van der Waals surface area (Å²) in [6.45, 7) is 3.88. The molecule has 0 heterocycles. The van der Waals surface area contributed by atoms with Gasteiger partial charge in [-0.05, 0) is 0 Å². The van der Waals surface area contributed by atoms with Crippen LogP contribution in [0.15, 0.2) is 0 Å². The Kier molecular flexibility index (Phi) is 68.6. The van der Waals surface area contributed by atoms with Gasteiger partial charge in [-0.1, -0.05) is 26.7 Å². The van der Waals surface area contributed by atoms with Gasteiger partial charge in [-0.15, -0.1) is 13.2 Å². The van der Waals surface area contributed by atoms with Gasteiger partial charge in [-0.25, -0.2) is 0 Å². The third-order valence-electron chi connectivity index (χ3n) is 0.408. The SMILES string of the molecule is CCC[O-].CCC[O-].[K+].[Na+]. The minimum atomic E-state index is 0. The van der Waals surface area contributed by atoms with Gasteiger partial charge in [0.25, 0.3) is 0 Å². The van der Waals surface area contributed by atoms with Crippen LogP contribution in [-0.4, -0.2) is 13.2 Å². The molecular weight excluding hydrogens is 166 g/mol. The monoisotopic (exact) mass is 180 g/mol. The van der Waals surface area contributed by atoms with E-state index < -0.39 is 0 Å². The van der Waals surface area contributed by atoms with E-state index >= 15 is 0 Å². The molecule has 10 heavy (non-hydrogen) atoms. The fraction of sp³-hybridized carbons (Fsp3) is 1.00. The van der Waals surface area contributed by atoms with Crippen LogP contribution in [0, 0.1) is 0 Å². The van der Waals surface area contributed by atoms with Crippen molar-refractivity contribution in [2.45, 2.75) is 26.7 Å². The number of hydrogen-bond acceptors (Lipinski definition) is 2. The van der Waals surface area contributed by atoms with Crippen LogP contribution in [0.2, 0.25) is 0 Å². The van der Waals surface area contributed by atoms with Gasteiger partial charge in [0.1, 0.15) is 0 Å². The van der Waals surface area contributed by atoms with Crippen LogP contribution in [0.3, 0.4) is 0 Å². The fourth-order valence-electron chi connectivity index (χ4n) is 0. The maximum atomic E-state index is 9.30. The molecule has 0 aliphatic rings. The largest absolute Gasteiger partial charge is 1.00 e. The van der Waals surface area contributed by atoms with Gasteiger partial charge in [-0.3, -0.25) is 0 Å². The van der Waals surface area contributed by atoms with Crippen LogP contribution in [0.5, 0.6) is 0 Å². The third kappa shape index (κ3) is 46.4. The molecule has 0 aromatic heterocycles. The summed E-state index contributed by atoms with van der Waals surface area (Å²) < 4.78 is 0. The molecule has 0 aromatic carbocycles. The Bertz CT molecular complexity index is 23.7. The van der Waals surface area contributed by atoms with Crippen LogP contribution in [0.25, 0.3) is 0 Å². The molecule has 0 bridgehead atoms. The molecule has 0 rings (SSSR count). The van der Waals surface area contributed by atoms with Gasteiger partial charge in [0, 0.05) is 0 Å². The molecule has 2 nitrogen and oxygen atoms in total. The van der Waals surface area contributed by atoms with E-state index in [4.69, 9.17) is 0 Å². The van der Waals surface area contributed by atoms with Crippen molar-refractivity contribution in [3.8, 4) is 0 Å². The molecule has 0 N–H and O–H groups in total. The molecule has 0 spiro atoms. The minimum Gasteiger partial charge on any atom is -0.854 e. The van der Waals surface area contributed by atoms with Crippen LogP contribution in [-0.2, 0) is 0 Å². The minimum absolute atomic E-state index is 0. The Hall–Kier alpha value is 2.56. The van der Waals surface area contributed by atoms with Crippen LogP contribution in [0.1, 0.15) is 26.7 Å². The smallest absolute Gasteiger partial charge is 0.854 e. The molecule has 0 amide bonds. The Balaban J connectivity index is -0.0000000300. The zero-order valence-corrected chi connectivity index (χ0v) is 12.8. The summed E-state index contributed by atoms with van der Waals surface area (Å²) in [5.41, 5.74) is 0. The molecule has 0 saturated heterocycles. The van der Waals surface area contributed by atoms with Gasteiger partial charge < -0.3 is 10.2 Å². The van der Waals surface area contributed by atoms with Gasteiger partial charge in [-0.2, -0.15) is 0 Å². The van der Waals surface area contributed by atoms with Crippen LogP contribution >= 0.6 is 0 Å². The van der Waals surface area contributed by atoms with Crippen molar-refractivity contribution >= 4 is 0 Å². The standard InChI is InChI=1S/2C3H7O.K.Na/c2*1-2-3-4;;/h2*2-3H2,1H3;;/q2*-1;2*+1. The van der Waals surface area contributed by atoms with E-state index in [1.165, 1.54) is 0 Å². The van der Waals surface area contributed by atoms with Crippen molar-refractivity contribution in [3.05, 3.63) is 0 Å². The second-order valence-corrected chi connectivity index (χ2v) is 1.41. The van der Waals surface area contributed by atoms with E-state index in [1.807, 2.05) is 13.8 Å². The van der Waals surface area contributed by atoms with Crippen molar-refractivity contribution in [1.82, 2.24) is 0 Å². The third-order valence-corrected chi connectivity index (χ3v) is 0.408. The van der Waals surface area contributed by atoms with Crippen LogP contribution < -0.4 is 91.2 Å². The van der Waals surface area contributed by atoms with E-state index in [9.17, 15) is 10.2 Å². The van der Waals surface area contributed by atoms with Crippen molar-refractivity contribution in [2.75, 3.05) is 13.2 Å². The fourth-order valence-corrected chi connectivity index (χ4v) is 0. The molecule has 4 heteroatoms. The molecule has 0 aromatic rings. The normalized spacial score (nSPS) is 6.00. The molecule has 0 unspecified atom stereocenters. The number of hydrogen-bond donors (Lipinski definition) is 0. The number of rotatable bonds is 2. The Labute approximate surface area is 128 Å². The summed E-state index contributed by atoms with van der Waals surface area (Å²) >= 11 is 0. The van der Waals surface area contributed by atoms with E-state index in [2.05, 4.69) is 0 Å². The van der Waals surface area contributed by atoms with E-state index in [0.29, 0.717) is 0 Å². The molecule has 0 radical (unpaired) electrons. The first-order valence-corrected chi connectivity index (χ1v) is 2.99. The maximum Gasteiger partial charge on any atom is 1.00 e. The second kappa shape index (κ2) is 30.0. The Morgan fingerprint density at radius 2 is 1.00 bits per heavy atom. The van der Waals surface area contributed by atoms with Crippen molar-refractivity contribution < 1.29 is 91.2 Å². The zero-order valence-electron chi connectivity index (χ0n) is 7.64. The predicted molar refractivity (Wildman–Crippen MR) is 30.3 cm³/mol. The van der Waals surface area contributed by atoms with Crippen molar-refractivity contribution in [1.29, 1.82) is 0 Å². The molecule has 0 aliphatic heterocycles. The first-order chi connectivity index (χ1) is 3.83.